The van der Waals surface area contributed by atoms with Crippen molar-refractivity contribution in [1.29, 1.82) is 0 Å². The monoisotopic (exact) mass is 344 g/mol. The number of carbonyl (C=O) groups is 2. The van der Waals surface area contributed by atoms with Crippen LogP contribution in [0.15, 0.2) is 42.5 Å². The molecule has 132 valence electrons. The van der Waals surface area contributed by atoms with Crippen LogP contribution in [0, 0.1) is 0 Å². The van der Waals surface area contributed by atoms with Gasteiger partial charge in [0.2, 0.25) is 5.91 Å². The van der Waals surface area contributed by atoms with Crippen LogP contribution in [-0.2, 0) is 11.2 Å². The highest BCUT2D eigenvalue weighted by Gasteiger charge is 2.12. The zero-order chi connectivity index (χ0) is 18.2. The van der Waals surface area contributed by atoms with Crippen molar-refractivity contribution in [2.75, 3.05) is 21.3 Å². The number of carbonyl (C=O) groups excluding carboxylic acids is 2. The molecule has 2 N–H and O–H groups in total. The van der Waals surface area contributed by atoms with Crippen LogP contribution in [0.4, 0.5) is 0 Å². The quantitative estimate of drug-likeness (QED) is 0.779. The summed E-state index contributed by atoms with van der Waals surface area (Å²) in [5.74, 6) is 0.872. The van der Waals surface area contributed by atoms with E-state index in [0.29, 0.717) is 22.8 Å². The van der Waals surface area contributed by atoms with Crippen LogP contribution in [0.5, 0.6) is 17.2 Å². The molecule has 0 fully saturated rings. The van der Waals surface area contributed by atoms with Crippen LogP contribution in [-0.4, -0.2) is 33.1 Å². The molecule has 0 radical (unpaired) electrons. The normalized spacial score (nSPS) is 9.88. The summed E-state index contributed by atoms with van der Waals surface area (Å²) in [6.45, 7) is 0. The Balaban J connectivity index is 1.91. The second kappa shape index (κ2) is 8.58. The lowest BCUT2D eigenvalue weighted by Crippen LogP contribution is -2.42. The molecule has 2 rings (SSSR count). The van der Waals surface area contributed by atoms with Gasteiger partial charge in [-0.1, -0.05) is 12.1 Å². The Morgan fingerprint density at radius 1 is 0.840 bits per heavy atom. The van der Waals surface area contributed by atoms with Gasteiger partial charge in [-0.2, -0.15) is 0 Å². The van der Waals surface area contributed by atoms with E-state index in [0.717, 1.165) is 5.56 Å². The topological polar surface area (TPSA) is 85.9 Å². The molecule has 7 nitrogen and oxygen atoms in total. The summed E-state index contributed by atoms with van der Waals surface area (Å²) >= 11 is 0. The van der Waals surface area contributed by atoms with Gasteiger partial charge in [0.15, 0.2) is 11.5 Å². The molecule has 0 atom stereocenters. The van der Waals surface area contributed by atoms with Crippen molar-refractivity contribution in [2.24, 2.45) is 0 Å². The van der Waals surface area contributed by atoms with Crippen molar-refractivity contribution in [3.8, 4) is 17.2 Å². The number of ether oxygens (including phenoxy) is 3. The Kier molecular flexibility index (Phi) is 6.22. The Hall–Kier alpha value is -3.22. The Morgan fingerprint density at radius 3 is 2.12 bits per heavy atom. The molecule has 2 amide bonds. The smallest absolute Gasteiger partial charge is 0.269 e. The summed E-state index contributed by atoms with van der Waals surface area (Å²) in [6, 6.07) is 11.8. The van der Waals surface area contributed by atoms with Gasteiger partial charge < -0.3 is 14.2 Å². The van der Waals surface area contributed by atoms with Crippen LogP contribution in [0.2, 0.25) is 0 Å². The van der Waals surface area contributed by atoms with E-state index in [1.54, 1.807) is 43.5 Å². The number of benzene rings is 2. The van der Waals surface area contributed by atoms with Gasteiger partial charge in [-0.15, -0.1) is 0 Å². The molecule has 2 aromatic rings. The van der Waals surface area contributed by atoms with Crippen LogP contribution in [0.25, 0.3) is 0 Å². The molecule has 0 spiro atoms. The molecule has 0 unspecified atom stereocenters. The molecule has 0 bridgehead atoms. The maximum atomic E-state index is 12.1. The lowest BCUT2D eigenvalue weighted by molar-refractivity contribution is -0.121. The summed E-state index contributed by atoms with van der Waals surface area (Å²) in [7, 11) is 4.57. The number of amides is 2. The van der Waals surface area contributed by atoms with Crippen molar-refractivity contribution in [1.82, 2.24) is 10.9 Å². The Bertz CT molecular complexity index is 744. The first-order chi connectivity index (χ1) is 12.1. The van der Waals surface area contributed by atoms with E-state index in [1.165, 1.54) is 20.3 Å². The average Bonchev–Trinajstić information content (AvgIpc) is 2.66. The van der Waals surface area contributed by atoms with E-state index in [4.69, 9.17) is 14.2 Å². The first-order valence-corrected chi connectivity index (χ1v) is 7.51. The number of hydrogen-bond acceptors (Lipinski definition) is 5. The largest absolute Gasteiger partial charge is 0.497 e. The molecule has 0 heterocycles. The minimum Gasteiger partial charge on any atom is -0.497 e. The standard InChI is InChI=1S/C18H20N2O5/c1-23-14-7-4-12(5-8-14)10-17(21)19-20-18(22)13-6-9-15(24-2)16(11-13)25-3/h4-9,11H,10H2,1-3H3,(H,19,21)(H,20,22). The first kappa shape index (κ1) is 18.1. The molecule has 0 aliphatic heterocycles. The molecule has 0 aliphatic rings. The van der Waals surface area contributed by atoms with Crippen LogP contribution in [0.3, 0.4) is 0 Å². The van der Waals surface area contributed by atoms with Crippen LogP contribution >= 0.6 is 0 Å². The highest BCUT2D eigenvalue weighted by Crippen LogP contribution is 2.27. The van der Waals surface area contributed by atoms with Gasteiger partial charge in [0, 0.05) is 5.56 Å². The van der Waals surface area contributed by atoms with E-state index in [-0.39, 0.29) is 12.3 Å². The molecule has 0 saturated carbocycles. The Labute approximate surface area is 145 Å². The van der Waals surface area contributed by atoms with E-state index in [1.807, 2.05) is 0 Å². The SMILES string of the molecule is COc1ccc(CC(=O)NNC(=O)c2ccc(OC)c(OC)c2)cc1. The van der Waals surface area contributed by atoms with Crippen molar-refractivity contribution >= 4 is 11.8 Å². The van der Waals surface area contributed by atoms with E-state index in [9.17, 15) is 9.59 Å². The minimum atomic E-state index is -0.455. The van der Waals surface area contributed by atoms with Crippen molar-refractivity contribution in [2.45, 2.75) is 6.42 Å². The van der Waals surface area contributed by atoms with Gasteiger partial charge in [0.25, 0.3) is 5.91 Å². The van der Waals surface area contributed by atoms with Crippen molar-refractivity contribution in [3.63, 3.8) is 0 Å². The summed E-state index contributed by atoms with van der Waals surface area (Å²) < 4.78 is 15.3. The van der Waals surface area contributed by atoms with Gasteiger partial charge >= 0.3 is 0 Å². The zero-order valence-electron chi connectivity index (χ0n) is 14.3. The Morgan fingerprint density at radius 2 is 1.52 bits per heavy atom. The van der Waals surface area contributed by atoms with Crippen LogP contribution in [0.1, 0.15) is 15.9 Å². The number of nitrogens with one attached hydrogen (secondary N) is 2. The third-order valence-corrected chi connectivity index (χ3v) is 3.48. The second-order valence-electron chi connectivity index (χ2n) is 5.10. The zero-order valence-corrected chi connectivity index (χ0v) is 14.3. The van der Waals surface area contributed by atoms with Gasteiger partial charge in [0.05, 0.1) is 27.8 Å². The van der Waals surface area contributed by atoms with Gasteiger partial charge in [0.1, 0.15) is 5.75 Å². The molecular formula is C18H20N2O5. The molecular weight excluding hydrogens is 324 g/mol. The van der Waals surface area contributed by atoms with E-state index in [2.05, 4.69) is 10.9 Å². The summed E-state index contributed by atoms with van der Waals surface area (Å²) in [5.41, 5.74) is 5.89. The lowest BCUT2D eigenvalue weighted by atomic mass is 10.1. The molecule has 25 heavy (non-hydrogen) atoms. The summed E-state index contributed by atoms with van der Waals surface area (Å²) in [5, 5.41) is 0. The number of methoxy groups -OCH3 is 3. The summed E-state index contributed by atoms with van der Waals surface area (Å²) in [6.07, 6.45) is 0.135. The lowest BCUT2D eigenvalue weighted by Gasteiger charge is -2.11. The first-order valence-electron chi connectivity index (χ1n) is 7.51. The third kappa shape index (κ3) is 4.87. The number of rotatable bonds is 6. The molecule has 7 heteroatoms. The average molecular weight is 344 g/mol. The fraction of sp³-hybridized carbons (Fsp3) is 0.222. The fourth-order valence-corrected chi connectivity index (χ4v) is 2.15. The molecule has 2 aromatic carbocycles. The predicted octanol–water partition coefficient (Wildman–Crippen LogP) is 1.72. The number of hydrazine groups is 1. The van der Waals surface area contributed by atoms with Crippen LogP contribution < -0.4 is 25.1 Å². The molecule has 0 aromatic heterocycles. The van der Waals surface area contributed by atoms with Crippen molar-refractivity contribution < 1.29 is 23.8 Å². The minimum absolute atomic E-state index is 0.135. The van der Waals surface area contributed by atoms with Gasteiger partial charge in [-0.25, -0.2) is 0 Å². The maximum Gasteiger partial charge on any atom is 0.269 e. The van der Waals surface area contributed by atoms with E-state index < -0.39 is 5.91 Å². The highest BCUT2D eigenvalue weighted by molar-refractivity contribution is 5.96. The van der Waals surface area contributed by atoms with Gasteiger partial charge in [-0.05, 0) is 35.9 Å². The summed E-state index contributed by atoms with van der Waals surface area (Å²) in [4.78, 5) is 24.0. The fourth-order valence-electron chi connectivity index (χ4n) is 2.15. The van der Waals surface area contributed by atoms with E-state index >= 15 is 0 Å². The second-order valence-corrected chi connectivity index (χ2v) is 5.10. The maximum absolute atomic E-state index is 12.1. The molecule has 0 saturated heterocycles. The third-order valence-electron chi connectivity index (χ3n) is 3.48. The predicted molar refractivity (Wildman–Crippen MR) is 91.9 cm³/mol. The highest BCUT2D eigenvalue weighted by atomic mass is 16.5. The number of hydrogen-bond donors (Lipinski definition) is 2. The van der Waals surface area contributed by atoms with Gasteiger partial charge in [-0.3, -0.25) is 20.4 Å². The molecule has 0 aliphatic carbocycles. The van der Waals surface area contributed by atoms with Crippen molar-refractivity contribution in [3.05, 3.63) is 53.6 Å².